The molecular weight excluding hydrogens is 1300 g/mol. The molecule has 23 aromatic rings. The van der Waals surface area contributed by atoms with Gasteiger partial charge in [0.05, 0.1) is 43.7 Å². The van der Waals surface area contributed by atoms with Gasteiger partial charge < -0.3 is 13.6 Å². The van der Waals surface area contributed by atoms with E-state index in [9.17, 15) is 0 Å². The molecule has 0 saturated heterocycles. The van der Waals surface area contributed by atoms with E-state index in [1.807, 2.05) is 40.9 Å². The first kappa shape index (κ1) is 57.2. The average molecular weight is 1350 g/mol. The number of hydrogen-bond donors (Lipinski definition) is 0. The predicted octanol–water partition coefficient (Wildman–Crippen LogP) is 26.3. The molecule has 10 heteroatoms. The number of hydrogen-bond acceptors (Lipinski definition) is 8. The summed E-state index contributed by atoms with van der Waals surface area (Å²) in [5, 5.41) is 19.5. The summed E-state index contributed by atoms with van der Waals surface area (Å²) >= 11 is 5.43. The lowest BCUT2D eigenvalue weighted by Crippen LogP contribution is -1.98. The molecule has 0 amide bonds. The van der Waals surface area contributed by atoms with E-state index in [4.69, 9.17) is 24.4 Å². The molecule has 102 heavy (non-hydrogen) atoms. The first-order valence-electron chi connectivity index (χ1n) is 34.2. The van der Waals surface area contributed by atoms with Gasteiger partial charge in [-0.3, -0.25) is 0 Å². The van der Waals surface area contributed by atoms with Crippen LogP contribution in [0.25, 0.3) is 215 Å². The van der Waals surface area contributed by atoms with Gasteiger partial charge >= 0.3 is 0 Å². The minimum atomic E-state index is 0.685. The van der Waals surface area contributed by atoms with Crippen molar-refractivity contribution in [3.8, 4) is 56.7 Å². The topological polar surface area (TPSA) is 74.6 Å². The molecule has 0 radical (unpaired) electrons. The molecule has 0 N–H and O–H groups in total. The molecule has 8 aromatic heterocycles. The van der Waals surface area contributed by atoms with E-state index in [1.54, 1.807) is 11.3 Å². The van der Waals surface area contributed by atoms with Crippen molar-refractivity contribution in [3.05, 3.63) is 315 Å². The van der Waals surface area contributed by atoms with Gasteiger partial charge in [-0.25, -0.2) is 19.9 Å². The van der Waals surface area contributed by atoms with Crippen LogP contribution < -0.4 is 0 Å². The van der Waals surface area contributed by atoms with Crippen LogP contribution in [-0.2, 0) is 0 Å². The summed E-state index contributed by atoms with van der Waals surface area (Å²) in [5.74, 6) is 1.43. The molecule has 474 valence electrons. The van der Waals surface area contributed by atoms with E-state index in [2.05, 4.69) is 306 Å². The van der Waals surface area contributed by atoms with Gasteiger partial charge in [0.2, 0.25) is 0 Å². The van der Waals surface area contributed by atoms with Crippen molar-refractivity contribution < 1.29 is 4.42 Å². The second-order valence-corrected chi connectivity index (χ2v) is 29.5. The highest BCUT2D eigenvalue weighted by molar-refractivity contribution is 7.26. The lowest BCUT2D eigenvalue weighted by atomic mass is 9.99. The number of thiophene rings is 3. The molecule has 15 aromatic carbocycles. The Bertz CT molecular complexity index is 7470. The number of nitrogens with zero attached hydrogens (tertiary/aromatic N) is 6. The van der Waals surface area contributed by atoms with Gasteiger partial charge in [0.25, 0.3) is 0 Å². The van der Waals surface area contributed by atoms with E-state index in [0.29, 0.717) is 11.4 Å². The molecule has 0 bridgehead atoms. The normalized spacial score (nSPS) is 12.1. The summed E-state index contributed by atoms with van der Waals surface area (Å²) in [6, 6.07) is 113. The zero-order chi connectivity index (χ0) is 66.7. The average Bonchev–Trinajstić information content (AvgIpc) is 1.54. The van der Waals surface area contributed by atoms with Crippen molar-refractivity contribution in [1.29, 1.82) is 0 Å². The van der Waals surface area contributed by atoms with E-state index in [0.717, 1.165) is 82.9 Å². The standard InChI is InChI=1S/C48H27N3S2.C44H25N3OS/c1-2-12-29-27-41-37(25-28(29)11-1)33-15-5-8-18-39(33)51(41)40-23-22-35(31-13-3-4-14-32(31)40)45-47-46(36-17-7-10-20-43(36)53-47)50-48(49-45)30-21-24-44-38(26-30)34-16-6-9-19-42(34)52-44;1-2-10-28-25-37-34(23-27(28)9-1)31-11-3-6-14-36(31)47(37)30-20-17-26(18-21-30)41-43-42(33-13-4-7-15-38(33)48-43)46-44(45-41)29-19-22-40-35(24-29)32-12-5-8-16-39(32)49-40/h1-27H;1-25H. The third-order valence-electron chi connectivity index (χ3n) is 20.6. The van der Waals surface area contributed by atoms with Crippen LogP contribution in [0.4, 0.5) is 0 Å². The number of para-hydroxylation sites is 3. The quantitative estimate of drug-likeness (QED) is 0.166. The van der Waals surface area contributed by atoms with Crippen molar-refractivity contribution in [3.63, 3.8) is 0 Å². The molecule has 0 aliphatic rings. The van der Waals surface area contributed by atoms with Crippen LogP contribution in [0.1, 0.15) is 0 Å². The maximum atomic E-state index is 6.47. The molecular formula is C92H52N6OS3. The van der Waals surface area contributed by atoms with E-state index >= 15 is 0 Å². The summed E-state index contributed by atoms with van der Waals surface area (Å²) in [6.45, 7) is 0. The van der Waals surface area contributed by atoms with Gasteiger partial charge in [-0.15, -0.1) is 34.0 Å². The second kappa shape index (κ2) is 22.4. The fourth-order valence-corrected chi connectivity index (χ4v) is 19.2. The lowest BCUT2D eigenvalue weighted by Gasteiger charge is -2.15. The first-order valence-corrected chi connectivity index (χ1v) is 36.7. The summed E-state index contributed by atoms with van der Waals surface area (Å²) < 4.78 is 18.7. The highest BCUT2D eigenvalue weighted by atomic mass is 32.1. The molecule has 0 fully saturated rings. The minimum Gasteiger partial charge on any atom is -0.452 e. The summed E-state index contributed by atoms with van der Waals surface area (Å²) in [5.41, 5.74) is 16.2. The minimum absolute atomic E-state index is 0.685. The Balaban J connectivity index is 0.000000129. The SMILES string of the molecule is c1ccc2cc3c(cc2c1)c1ccccc1n3-c1ccc(-c2nc(-c3ccc4sc5ccccc5c4c3)nc3c2oc2ccccc23)cc1.c1ccc2cc3c(cc2c1)c1ccccc1n3-c1ccc(-c2nc(-c3ccc4sc5ccccc5c4c3)nc3c2sc2ccccc23)c2ccccc12. The zero-order valence-corrected chi connectivity index (χ0v) is 56.8. The number of furan rings is 1. The molecule has 0 spiro atoms. The van der Waals surface area contributed by atoms with Crippen LogP contribution in [0.15, 0.2) is 320 Å². The van der Waals surface area contributed by atoms with Gasteiger partial charge in [-0.1, -0.05) is 194 Å². The van der Waals surface area contributed by atoms with Gasteiger partial charge in [-0.2, -0.15) is 0 Å². The van der Waals surface area contributed by atoms with Crippen LogP contribution in [0, 0.1) is 0 Å². The van der Waals surface area contributed by atoms with Crippen LogP contribution in [-0.4, -0.2) is 29.1 Å². The molecule has 0 saturated carbocycles. The van der Waals surface area contributed by atoms with Crippen molar-refractivity contribution in [2.24, 2.45) is 0 Å². The Hall–Kier alpha value is -12.7. The van der Waals surface area contributed by atoms with Crippen LogP contribution in [0.5, 0.6) is 0 Å². The third-order valence-corrected chi connectivity index (χ3v) is 24.1. The maximum absolute atomic E-state index is 6.47. The molecule has 0 unspecified atom stereocenters. The van der Waals surface area contributed by atoms with Crippen molar-refractivity contribution >= 4 is 193 Å². The third kappa shape index (κ3) is 8.83. The Morgan fingerprint density at radius 1 is 0.265 bits per heavy atom. The number of fused-ring (bicyclic) bond motifs is 21. The highest BCUT2D eigenvalue weighted by Gasteiger charge is 2.24. The number of benzene rings is 15. The zero-order valence-electron chi connectivity index (χ0n) is 54.3. The monoisotopic (exact) mass is 1350 g/mol. The number of aromatic nitrogens is 6. The fraction of sp³-hybridized carbons (Fsp3) is 0. The van der Waals surface area contributed by atoms with Gasteiger partial charge in [-0.05, 0) is 148 Å². The van der Waals surface area contributed by atoms with Crippen LogP contribution in [0.3, 0.4) is 0 Å². The Morgan fingerprint density at radius 3 is 1.33 bits per heavy atom. The predicted molar refractivity (Wildman–Crippen MR) is 433 cm³/mol. The van der Waals surface area contributed by atoms with Crippen molar-refractivity contribution in [2.45, 2.75) is 0 Å². The smallest absolute Gasteiger partial charge is 0.180 e. The van der Waals surface area contributed by atoms with Crippen LogP contribution in [0.2, 0.25) is 0 Å². The molecule has 7 nitrogen and oxygen atoms in total. The fourth-order valence-electron chi connectivity index (χ4n) is 15.8. The van der Waals surface area contributed by atoms with Gasteiger partial charge in [0.1, 0.15) is 16.8 Å². The molecule has 0 aliphatic carbocycles. The molecule has 0 atom stereocenters. The summed E-state index contributed by atoms with van der Waals surface area (Å²) in [6.07, 6.45) is 0. The molecule has 8 heterocycles. The van der Waals surface area contributed by atoms with Crippen molar-refractivity contribution in [2.75, 3.05) is 0 Å². The highest BCUT2D eigenvalue weighted by Crippen LogP contribution is 2.47. The van der Waals surface area contributed by atoms with Crippen molar-refractivity contribution in [1.82, 2.24) is 29.1 Å². The lowest BCUT2D eigenvalue weighted by molar-refractivity contribution is 0.667. The Kier molecular flexibility index (Phi) is 12.6. The van der Waals surface area contributed by atoms with Gasteiger partial charge in [0.15, 0.2) is 17.2 Å². The summed E-state index contributed by atoms with van der Waals surface area (Å²) in [4.78, 5) is 21.2. The number of rotatable bonds is 6. The largest absolute Gasteiger partial charge is 0.452 e. The molecule has 23 rings (SSSR count). The van der Waals surface area contributed by atoms with Gasteiger partial charge in [0, 0.05) is 111 Å². The Morgan fingerprint density at radius 2 is 0.716 bits per heavy atom. The first-order chi connectivity index (χ1) is 50.5. The van der Waals surface area contributed by atoms with E-state index in [-0.39, 0.29) is 0 Å². The Labute approximate surface area is 593 Å². The second-order valence-electron chi connectivity index (χ2n) is 26.3. The summed E-state index contributed by atoms with van der Waals surface area (Å²) in [7, 11) is 0. The maximum Gasteiger partial charge on any atom is 0.180 e. The van der Waals surface area contributed by atoms with E-state index < -0.39 is 0 Å². The van der Waals surface area contributed by atoms with Crippen LogP contribution >= 0.6 is 34.0 Å². The molecule has 0 aliphatic heterocycles. The van der Waals surface area contributed by atoms with E-state index in [1.165, 1.54) is 121 Å².